The molecule has 3 N–H and O–H groups in total. The molecule has 0 aromatic carbocycles. The number of aromatic carboxylic acids is 1. The minimum atomic E-state index is -1.23. The van der Waals surface area contributed by atoms with Crippen LogP contribution < -0.4 is 11.3 Å². The molecule has 1 rings (SSSR count). The lowest BCUT2D eigenvalue weighted by molar-refractivity contribution is 0.0693. The maximum Gasteiger partial charge on any atom is 0.341 e. The number of carboxylic acid groups (broad SMARTS) is 1. The molecule has 0 saturated heterocycles. The first-order valence-corrected chi connectivity index (χ1v) is 4.64. The molecule has 5 nitrogen and oxygen atoms in total. The van der Waals surface area contributed by atoms with E-state index in [1.807, 2.05) is 0 Å². The van der Waals surface area contributed by atoms with E-state index in [-0.39, 0.29) is 5.56 Å². The molecule has 15 heavy (non-hydrogen) atoms. The Morgan fingerprint density at radius 2 is 2.00 bits per heavy atom. The van der Waals surface area contributed by atoms with Crippen molar-refractivity contribution in [3.05, 3.63) is 27.2 Å². The topological polar surface area (TPSA) is 85.3 Å². The fourth-order valence-corrected chi connectivity index (χ4v) is 1.63. The van der Waals surface area contributed by atoms with Crippen molar-refractivity contribution in [3.63, 3.8) is 0 Å². The molecule has 1 heterocycles. The van der Waals surface area contributed by atoms with Crippen LogP contribution in [-0.4, -0.2) is 15.6 Å². The van der Waals surface area contributed by atoms with Crippen LogP contribution in [0.2, 0.25) is 0 Å². The molecule has 82 valence electrons. The van der Waals surface area contributed by atoms with Crippen molar-refractivity contribution in [3.8, 4) is 0 Å². The number of carboxylic acids is 1. The van der Waals surface area contributed by atoms with Crippen LogP contribution in [-0.2, 0) is 6.54 Å². The van der Waals surface area contributed by atoms with E-state index in [0.29, 0.717) is 23.5 Å². The summed E-state index contributed by atoms with van der Waals surface area (Å²) >= 11 is 0. The van der Waals surface area contributed by atoms with Crippen LogP contribution in [0.25, 0.3) is 0 Å². The number of nitrogens with two attached hydrogens (primary N) is 1. The lowest BCUT2D eigenvalue weighted by Gasteiger charge is -2.14. The molecule has 0 atom stereocenters. The van der Waals surface area contributed by atoms with Gasteiger partial charge in [-0.1, -0.05) is 0 Å². The summed E-state index contributed by atoms with van der Waals surface area (Å²) in [6, 6.07) is 0. The Labute approximate surface area is 87.1 Å². The fourth-order valence-electron chi connectivity index (χ4n) is 1.63. The summed E-state index contributed by atoms with van der Waals surface area (Å²) in [6.45, 7) is 5.44. The lowest BCUT2D eigenvalue weighted by Crippen LogP contribution is -2.30. The summed E-state index contributed by atoms with van der Waals surface area (Å²) in [7, 11) is 0. The predicted octanol–water partition coefficient (Wildman–Crippen LogP) is 0.765. The molecule has 1 aromatic rings. The van der Waals surface area contributed by atoms with Crippen LogP contribution in [0.15, 0.2) is 4.79 Å². The summed E-state index contributed by atoms with van der Waals surface area (Å²) < 4.78 is 1.37. The van der Waals surface area contributed by atoms with Gasteiger partial charge in [0.15, 0.2) is 0 Å². The smallest absolute Gasteiger partial charge is 0.341 e. The Bertz CT molecular complexity index is 475. The Balaban J connectivity index is 3.77. The first-order chi connectivity index (χ1) is 6.91. The highest BCUT2D eigenvalue weighted by molar-refractivity contribution is 5.90. The summed E-state index contributed by atoms with van der Waals surface area (Å²) in [4.78, 5) is 22.7. The van der Waals surface area contributed by atoms with Crippen LogP contribution in [0.1, 0.15) is 28.5 Å². The van der Waals surface area contributed by atoms with Gasteiger partial charge in [-0.15, -0.1) is 0 Å². The summed E-state index contributed by atoms with van der Waals surface area (Å²) in [5.74, 6) is -1.23. The minimum absolute atomic E-state index is 0.236. The molecule has 0 radical (unpaired) electrons. The van der Waals surface area contributed by atoms with Crippen LogP contribution in [0.4, 0.5) is 5.69 Å². The van der Waals surface area contributed by atoms with Gasteiger partial charge >= 0.3 is 5.97 Å². The minimum Gasteiger partial charge on any atom is -0.477 e. The van der Waals surface area contributed by atoms with Crippen molar-refractivity contribution in [2.24, 2.45) is 0 Å². The number of aromatic nitrogens is 1. The number of nitrogen functional groups attached to an aromatic ring is 1. The number of anilines is 1. The van der Waals surface area contributed by atoms with Crippen LogP contribution >= 0.6 is 0 Å². The molecule has 0 bridgehead atoms. The van der Waals surface area contributed by atoms with E-state index in [9.17, 15) is 9.59 Å². The molecule has 0 aliphatic heterocycles. The first-order valence-electron chi connectivity index (χ1n) is 4.64. The van der Waals surface area contributed by atoms with E-state index in [1.165, 1.54) is 4.57 Å². The van der Waals surface area contributed by atoms with E-state index >= 15 is 0 Å². The Kier molecular flexibility index (Phi) is 2.83. The second kappa shape index (κ2) is 3.76. The Morgan fingerprint density at radius 3 is 2.40 bits per heavy atom. The SMILES string of the molecule is CCn1c(C)c(N)c(C)c(C(=O)O)c1=O. The van der Waals surface area contributed by atoms with E-state index in [1.54, 1.807) is 20.8 Å². The van der Waals surface area contributed by atoms with Gasteiger partial charge in [0.2, 0.25) is 0 Å². The van der Waals surface area contributed by atoms with Crippen LogP contribution in [0.5, 0.6) is 0 Å². The third-order valence-electron chi connectivity index (χ3n) is 2.56. The molecule has 5 heteroatoms. The van der Waals surface area contributed by atoms with Gasteiger partial charge in [0.25, 0.3) is 5.56 Å². The van der Waals surface area contributed by atoms with E-state index in [0.717, 1.165) is 0 Å². The second-order valence-electron chi connectivity index (χ2n) is 3.35. The highest BCUT2D eigenvalue weighted by Gasteiger charge is 2.19. The van der Waals surface area contributed by atoms with Gasteiger partial charge in [0.1, 0.15) is 5.56 Å². The number of pyridine rings is 1. The molecule has 0 aliphatic rings. The average Bonchev–Trinajstić information content (AvgIpc) is 2.15. The number of hydrogen-bond donors (Lipinski definition) is 2. The third kappa shape index (κ3) is 1.60. The number of carbonyl (C=O) groups is 1. The van der Waals surface area contributed by atoms with Crippen molar-refractivity contribution in [2.45, 2.75) is 27.3 Å². The zero-order chi connectivity index (χ0) is 11.7. The number of rotatable bonds is 2. The van der Waals surface area contributed by atoms with E-state index in [4.69, 9.17) is 10.8 Å². The molecular formula is C10H14N2O3. The molecule has 0 amide bonds. The molecule has 0 aliphatic carbocycles. The van der Waals surface area contributed by atoms with Crippen molar-refractivity contribution in [1.82, 2.24) is 4.57 Å². The van der Waals surface area contributed by atoms with Crippen molar-refractivity contribution >= 4 is 11.7 Å². The standard InChI is InChI=1S/C10H14N2O3/c1-4-12-6(3)8(11)5(2)7(9(12)13)10(14)15/h4,11H2,1-3H3,(H,14,15). The third-order valence-corrected chi connectivity index (χ3v) is 2.56. The Hall–Kier alpha value is -1.78. The highest BCUT2D eigenvalue weighted by Crippen LogP contribution is 2.17. The maximum atomic E-state index is 11.8. The zero-order valence-electron chi connectivity index (χ0n) is 9.00. The molecule has 0 unspecified atom stereocenters. The van der Waals surface area contributed by atoms with Gasteiger partial charge in [0, 0.05) is 12.2 Å². The second-order valence-corrected chi connectivity index (χ2v) is 3.35. The van der Waals surface area contributed by atoms with Crippen LogP contribution in [0.3, 0.4) is 0 Å². The predicted molar refractivity (Wildman–Crippen MR) is 57.2 cm³/mol. The highest BCUT2D eigenvalue weighted by atomic mass is 16.4. The maximum absolute atomic E-state index is 11.8. The molecule has 0 spiro atoms. The van der Waals surface area contributed by atoms with Gasteiger partial charge in [-0.2, -0.15) is 0 Å². The largest absolute Gasteiger partial charge is 0.477 e. The summed E-state index contributed by atoms with van der Waals surface area (Å²) in [6.07, 6.45) is 0. The monoisotopic (exact) mass is 210 g/mol. The quantitative estimate of drug-likeness (QED) is 0.754. The van der Waals surface area contributed by atoms with Gasteiger partial charge in [-0.3, -0.25) is 4.79 Å². The molecule has 0 fully saturated rings. The first kappa shape index (κ1) is 11.3. The zero-order valence-corrected chi connectivity index (χ0v) is 9.00. The van der Waals surface area contributed by atoms with E-state index in [2.05, 4.69) is 0 Å². The molecule has 0 saturated carbocycles. The van der Waals surface area contributed by atoms with Gasteiger partial charge in [-0.05, 0) is 26.3 Å². The Morgan fingerprint density at radius 1 is 1.47 bits per heavy atom. The summed E-state index contributed by atoms with van der Waals surface area (Å²) in [5, 5.41) is 8.91. The molecule has 1 aromatic heterocycles. The van der Waals surface area contributed by atoms with Crippen molar-refractivity contribution in [2.75, 3.05) is 5.73 Å². The van der Waals surface area contributed by atoms with Crippen molar-refractivity contribution < 1.29 is 9.90 Å². The van der Waals surface area contributed by atoms with Gasteiger partial charge < -0.3 is 15.4 Å². The normalized spacial score (nSPS) is 10.3. The average molecular weight is 210 g/mol. The van der Waals surface area contributed by atoms with Crippen molar-refractivity contribution in [1.29, 1.82) is 0 Å². The fraction of sp³-hybridized carbons (Fsp3) is 0.400. The number of nitrogens with zero attached hydrogens (tertiary/aromatic N) is 1. The van der Waals surface area contributed by atoms with Gasteiger partial charge in [0.05, 0.1) is 5.69 Å². The molecular weight excluding hydrogens is 196 g/mol. The number of hydrogen-bond acceptors (Lipinski definition) is 3. The van der Waals surface area contributed by atoms with Gasteiger partial charge in [-0.25, -0.2) is 4.79 Å². The van der Waals surface area contributed by atoms with Crippen LogP contribution in [0, 0.1) is 13.8 Å². The lowest BCUT2D eigenvalue weighted by atomic mass is 10.1. The summed E-state index contributed by atoms with van der Waals surface area (Å²) in [5.41, 5.74) is 6.34. The van der Waals surface area contributed by atoms with E-state index < -0.39 is 11.5 Å².